The van der Waals surface area contributed by atoms with Gasteiger partial charge >= 0.3 is 0 Å². The highest BCUT2D eigenvalue weighted by molar-refractivity contribution is 7.92. The van der Waals surface area contributed by atoms with Crippen LogP contribution in [-0.4, -0.2) is 33.7 Å². The van der Waals surface area contributed by atoms with E-state index in [0.29, 0.717) is 24.3 Å². The van der Waals surface area contributed by atoms with Crippen molar-refractivity contribution in [2.24, 2.45) is 0 Å². The highest BCUT2D eigenvalue weighted by atomic mass is 32.2. The molecule has 0 spiro atoms. The van der Waals surface area contributed by atoms with Crippen LogP contribution in [0.3, 0.4) is 0 Å². The number of sulfonamides is 1. The first kappa shape index (κ1) is 22.7. The number of carbonyl (C=O) groups is 1. The van der Waals surface area contributed by atoms with E-state index in [1.165, 1.54) is 11.4 Å². The van der Waals surface area contributed by atoms with Crippen LogP contribution in [0.5, 0.6) is 5.75 Å². The third kappa shape index (κ3) is 5.73. The summed E-state index contributed by atoms with van der Waals surface area (Å²) in [6.45, 7) is 5.80. The molecule has 1 amide bonds. The lowest BCUT2D eigenvalue weighted by molar-refractivity contribution is -0.123. The largest absolute Gasteiger partial charge is 0.497 e. The van der Waals surface area contributed by atoms with Gasteiger partial charge in [-0.3, -0.25) is 9.10 Å². The van der Waals surface area contributed by atoms with Crippen LogP contribution in [0.4, 0.5) is 5.69 Å². The van der Waals surface area contributed by atoms with Gasteiger partial charge in [0.15, 0.2) is 0 Å². The van der Waals surface area contributed by atoms with Crippen LogP contribution in [0.25, 0.3) is 0 Å². The number of rotatable bonds is 9. The Hall–Kier alpha value is -2.54. The maximum atomic E-state index is 13.2. The summed E-state index contributed by atoms with van der Waals surface area (Å²) < 4.78 is 31.6. The van der Waals surface area contributed by atoms with Gasteiger partial charge in [0.05, 0.1) is 25.1 Å². The van der Waals surface area contributed by atoms with E-state index in [1.54, 1.807) is 31.2 Å². The summed E-state index contributed by atoms with van der Waals surface area (Å²) in [5, 5.41) is 3.03. The molecule has 0 aromatic heterocycles. The maximum absolute atomic E-state index is 13.2. The van der Waals surface area contributed by atoms with E-state index < -0.39 is 16.1 Å². The Balaban J connectivity index is 2.35. The molecule has 0 radical (unpaired) electrons. The number of ether oxygens (including phenoxy) is 1. The van der Waals surface area contributed by atoms with E-state index >= 15 is 0 Å². The average Bonchev–Trinajstić information content (AvgIpc) is 2.69. The van der Waals surface area contributed by atoms with Crippen molar-refractivity contribution in [1.29, 1.82) is 0 Å². The van der Waals surface area contributed by atoms with Crippen molar-refractivity contribution in [3.8, 4) is 5.75 Å². The fourth-order valence-corrected chi connectivity index (χ4v) is 4.50. The van der Waals surface area contributed by atoms with Crippen LogP contribution in [0.2, 0.25) is 0 Å². The lowest BCUT2D eigenvalue weighted by atomic mass is 10.0. The fraction of sp³-hybridized carbons (Fsp3) is 0.409. The van der Waals surface area contributed by atoms with Crippen LogP contribution in [0, 0.1) is 6.92 Å². The summed E-state index contributed by atoms with van der Waals surface area (Å²) >= 11 is 0. The molecule has 0 heterocycles. The zero-order valence-corrected chi connectivity index (χ0v) is 18.5. The van der Waals surface area contributed by atoms with Gasteiger partial charge < -0.3 is 10.1 Å². The number of anilines is 1. The Morgan fingerprint density at radius 3 is 2.28 bits per heavy atom. The van der Waals surface area contributed by atoms with Gasteiger partial charge in [0.25, 0.3) is 0 Å². The monoisotopic (exact) mass is 418 g/mol. The van der Waals surface area contributed by atoms with Gasteiger partial charge in [-0.1, -0.05) is 49.7 Å². The van der Waals surface area contributed by atoms with Crippen molar-refractivity contribution in [3.63, 3.8) is 0 Å². The van der Waals surface area contributed by atoms with E-state index in [4.69, 9.17) is 4.74 Å². The molecule has 2 unspecified atom stereocenters. The lowest BCUT2D eigenvalue weighted by Gasteiger charge is -2.31. The van der Waals surface area contributed by atoms with Crippen LogP contribution >= 0.6 is 0 Å². The Bertz CT molecular complexity index is 926. The molecule has 29 heavy (non-hydrogen) atoms. The number of amides is 1. The molecule has 6 nitrogen and oxygen atoms in total. The maximum Gasteiger partial charge on any atom is 0.244 e. The normalized spacial score (nSPS) is 13.4. The molecule has 2 rings (SSSR count). The molecular weight excluding hydrogens is 388 g/mol. The van der Waals surface area contributed by atoms with Gasteiger partial charge in [-0.15, -0.1) is 0 Å². The number of nitrogens with one attached hydrogen (secondary N) is 1. The number of hydrogen-bond acceptors (Lipinski definition) is 4. The molecule has 7 heteroatoms. The van der Waals surface area contributed by atoms with E-state index in [1.807, 2.05) is 38.1 Å². The van der Waals surface area contributed by atoms with E-state index in [-0.39, 0.29) is 11.9 Å². The van der Waals surface area contributed by atoms with Gasteiger partial charge in [0.2, 0.25) is 15.9 Å². The van der Waals surface area contributed by atoms with Crippen molar-refractivity contribution in [1.82, 2.24) is 5.32 Å². The van der Waals surface area contributed by atoms with Gasteiger partial charge in [0.1, 0.15) is 11.8 Å². The summed E-state index contributed by atoms with van der Waals surface area (Å²) in [5.41, 5.74) is 2.54. The SMILES string of the molecule is CCC(NC(=O)C(CC)N(c1cccc(OC)c1)S(C)(=O)=O)c1ccc(C)cc1. The summed E-state index contributed by atoms with van der Waals surface area (Å²) in [6.07, 6.45) is 2.14. The lowest BCUT2D eigenvalue weighted by Crippen LogP contribution is -2.50. The van der Waals surface area contributed by atoms with Crippen molar-refractivity contribution >= 4 is 21.6 Å². The topological polar surface area (TPSA) is 75.7 Å². The van der Waals surface area contributed by atoms with Crippen molar-refractivity contribution in [3.05, 3.63) is 59.7 Å². The fourth-order valence-electron chi connectivity index (χ4n) is 3.30. The number of aryl methyl sites for hydroxylation is 1. The molecule has 158 valence electrons. The first-order valence-corrected chi connectivity index (χ1v) is 11.6. The van der Waals surface area contributed by atoms with Gasteiger partial charge in [-0.2, -0.15) is 0 Å². The number of methoxy groups -OCH3 is 1. The predicted molar refractivity (Wildman–Crippen MR) is 117 cm³/mol. The zero-order chi connectivity index (χ0) is 21.6. The molecule has 0 saturated heterocycles. The highest BCUT2D eigenvalue weighted by Gasteiger charge is 2.32. The summed E-state index contributed by atoms with van der Waals surface area (Å²) in [7, 11) is -2.18. The summed E-state index contributed by atoms with van der Waals surface area (Å²) in [4.78, 5) is 13.2. The van der Waals surface area contributed by atoms with E-state index in [2.05, 4.69) is 5.32 Å². The van der Waals surface area contributed by atoms with Gasteiger partial charge in [-0.05, 0) is 37.5 Å². The molecule has 0 aliphatic rings. The molecule has 0 bridgehead atoms. The zero-order valence-electron chi connectivity index (χ0n) is 17.7. The molecule has 0 aliphatic heterocycles. The second-order valence-electron chi connectivity index (χ2n) is 7.06. The van der Waals surface area contributed by atoms with Gasteiger partial charge in [-0.25, -0.2) is 8.42 Å². The minimum absolute atomic E-state index is 0.191. The molecule has 2 atom stereocenters. The highest BCUT2D eigenvalue weighted by Crippen LogP contribution is 2.27. The Kier molecular flexibility index (Phi) is 7.67. The molecular formula is C22H30N2O4S. The summed E-state index contributed by atoms with van der Waals surface area (Å²) in [6, 6.07) is 13.6. The number of hydrogen-bond donors (Lipinski definition) is 1. The van der Waals surface area contributed by atoms with Crippen molar-refractivity contribution in [2.45, 2.75) is 45.7 Å². The van der Waals surface area contributed by atoms with Crippen LogP contribution in [0.15, 0.2) is 48.5 Å². The quantitative estimate of drug-likeness (QED) is 0.672. The molecule has 0 saturated carbocycles. The van der Waals surface area contributed by atoms with Crippen LogP contribution < -0.4 is 14.4 Å². The number of carbonyl (C=O) groups excluding carboxylic acids is 1. The molecule has 0 fully saturated rings. The molecule has 1 N–H and O–H groups in total. The predicted octanol–water partition coefficient (Wildman–Crippen LogP) is 3.82. The van der Waals surface area contributed by atoms with Crippen molar-refractivity contribution in [2.75, 3.05) is 17.7 Å². The Morgan fingerprint density at radius 1 is 1.10 bits per heavy atom. The van der Waals surface area contributed by atoms with Crippen LogP contribution in [0.1, 0.15) is 43.9 Å². The number of benzene rings is 2. The average molecular weight is 419 g/mol. The smallest absolute Gasteiger partial charge is 0.244 e. The number of nitrogens with zero attached hydrogens (tertiary/aromatic N) is 1. The van der Waals surface area contributed by atoms with Crippen molar-refractivity contribution < 1.29 is 17.9 Å². The minimum atomic E-state index is -3.70. The third-order valence-electron chi connectivity index (χ3n) is 4.84. The third-order valence-corrected chi connectivity index (χ3v) is 6.02. The standard InChI is InChI=1S/C22H30N2O4S/c1-6-20(17-13-11-16(3)12-14-17)23-22(25)21(7-2)24(29(5,26)27)18-9-8-10-19(15-18)28-4/h8-15,20-21H,6-7H2,1-5H3,(H,23,25). The first-order valence-electron chi connectivity index (χ1n) is 9.71. The van der Waals surface area contributed by atoms with Crippen LogP contribution in [-0.2, 0) is 14.8 Å². The Labute approximate surface area is 173 Å². The summed E-state index contributed by atoms with van der Waals surface area (Å²) in [5.74, 6) is 0.200. The second-order valence-corrected chi connectivity index (χ2v) is 8.92. The van der Waals surface area contributed by atoms with Gasteiger partial charge in [0, 0.05) is 6.07 Å². The van der Waals surface area contributed by atoms with E-state index in [9.17, 15) is 13.2 Å². The van der Waals surface area contributed by atoms with E-state index in [0.717, 1.165) is 17.4 Å². The second kappa shape index (κ2) is 9.78. The first-order chi connectivity index (χ1) is 13.7. The Morgan fingerprint density at radius 2 is 1.76 bits per heavy atom. The minimum Gasteiger partial charge on any atom is -0.497 e. The molecule has 2 aromatic carbocycles. The molecule has 0 aliphatic carbocycles. The molecule has 2 aromatic rings.